The molecule has 7 heteroatoms. The summed E-state index contributed by atoms with van der Waals surface area (Å²) < 4.78 is 5.26. The summed E-state index contributed by atoms with van der Waals surface area (Å²) in [6.45, 7) is 5.92. The molecule has 1 aliphatic heterocycles. The quantitative estimate of drug-likeness (QED) is 0.623. The Morgan fingerprint density at radius 3 is 2.86 bits per heavy atom. The molecular formula is C21H33N3O3S. The van der Waals surface area contributed by atoms with Gasteiger partial charge in [0.15, 0.2) is 0 Å². The third-order valence-electron chi connectivity index (χ3n) is 5.05. The van der Waals surface area contributed by atoms with Crippen LogP contribution < -0.4 is 15.4 Å². The number of amides is 2. The van der Waals surface area contributed by atoms with E-state index in [-0.39, 0.29) is 11.8 Å². The maximum absolute atomic E-state index is 12.7. The minimum absolute atomic E-state index is 0.123. The number of ether oxygens (including phenoxy) is 1. The van der Waals surface area contributed by atoms with Crippen molar-refractivity contribution in [1.29, 1.82) is 0 Å². The number of likely N-dealkylation sites (tertiary alicyclic amines) is 1. The Balaban J connectivity index is 1.90. The molecule has 0 aliphatic carbocycles. The number of piperidine rings is 1. The molecule has 1 saturated heterocycles. The third-order valence-corrected chi connectivity index (χ3v) is 5.70. The number of hydrogen-bond donors (Lipinski definition) is 2. The van der Waals surface area contributed by atoms with Crippen LogP contribution in [0.15, 0.2) is 24.3 Å². The summed E-state index contributed by atoms with van der Waals surface area (Å²) in [7, 11) is 1.53. The maximum atomic E-state index is 12.7. The first-order chi connectivity index (χ1) is 13.5. The van der Waals surface area contributed by atoms with E-state index in [1.165, 1.54) is 20.0 Å². The lowest BCUT2D eigenvalue weighted by Crippen LogP contribution is -2.49. The molecule has 2 rings (SSSR count). The van der Waals surface area contributed by atoms with Gasteiger partial charge in [-0.25, -0.2) is 0 Å². The topological polar surface area (TPSA) is 70.7 Å². The standard InChI is InChI=1S/C21H33N3O3S/c1-16-7-6-12-24(15-16)13-11-22-21(26)18(10-14-28-3)23-20(25)17-8-4-5-9-19(17)27-2/h4-5,8-9,16,18H,6-7,10-15H2,1-3H3,(H,22,26)(H,23,25). The van der Waals surface area contributed by atoms with E-state index in [4.69, 9.17) is 4.74 Å². The van der Waals surface area contributed by atoms with Crippen LogP contribution in [0.5, 0.6) is 5.75 Å². The second kappa shape index (κ2) is 12.0. The second-order valence-electron chi connectivity index (χ2n) is 7.35. The van der Waals surface area contributed by atoms with Gasteiger partial charge in [0.25, 0.3) is 5.91 Å². The van der Waals surface area contributed by atoms with Gasteiger partial charge in [-0.1, -0.05) is 19.1 Å². The van der Waals surface area contributed by atoms with Crippen LogP contribution in [-0.4, -0.2) is 68.1 Å². The van der Waals surface area contributed by atoms with Crippen LogP contribution in [0.25, 0.3) is 0 Å². The Hall–Kier alpha value is -1.73. The molecule has 1 aromatic rings. The first-order valence-electron chi connectivity index (χ1n) is 9.98. The molecule has 28 heavy (non-hydrogen) atoms. The smallest absolute Gasteiger partial charge is 0.255 e. The molecule has 1 fully saturated rings. The van der Waals surface area contributed by atoms with Crippen molar-refractivity contribution < 1.29 is 14.3 Å². The molecule has 0 bridgehead atoms. The van der Waals surface area contributed by atoms with E-state index in [1.54, 1.807) is 30.0 Å². The number of hydrogen-bond acceptors (Lipinski definition) is 5. The second-order valence-corrected chi connectivity index (χ2v) is 8.33. The molecular weight excluding hydrogens is 374 g/mol. The first-order valence-corrected chi connectivity index (χ1v) is 11.4. The van der Waals surface area contributed by atoms with Crippen molar-refractivity contribution in [3.8, 4) is 5.75 Å². The number of nitrogens with zero attached hydrogens (tertiary/aromatic N) is 1. The zero-order valence-electron chi connectivity index (χ0n) is 17.2. The van der Waals surface area contributed by atoms with Crippen LogP contribution in [0, 0.1) is 5.92 Å². The monoisotopic (exact) mass is 407 g/mol. The van der Waals surface area contributed by atoms with Crippen molar-refractivity contribution in [2.24, 2.45) is 5.92 Å². The molecule has 2 N–H and O–H groups in total. The van der Waals surface area contributed by atoms with Gasteiger partial charge in [0, 0.05) is 19.6 Å². The number of benzene rings is 1. The fourth-order valence-electron chi connectivity index (χ4n) is 3.52. The first kappa shape index (κ1) is 22.6. The lowest BCUT2D eigenvalue weighted by atomic mass is 10.0. The maximum Gasteiger partial charge on any atom is 0.255 e. The fraction of sp³-hybridized carbons (Fsp3) is 0.619. The van der Waals surface area contributed by atoms with Crippen molar-refractivity contribution >= 4 is 23.6 Å². The average molecular weight is 408 g/mol. The molecule has 1 heterocycles. The van der Waals surface area contributed by atoms with Crippen molar-refractivity contribution in [2.75, 3.05) is 45.3 Å². The summed E-state index contributed by atoms with van der Waals surface area (Å²) in [5, 5.41) is 5.88. The molecule has 6 nitrogen and oxygen atoms in total. The van der Waals surface area contributed by atoms with Crippen LogP contribution >= 0.6 is 11.8 Å². The minimum Gasteiger partial charge on any atom is -0.496 e. The van der Waals surface area contributed by atoms with Gasteiger partial charge in [-0.15, -0.1) is 0 Å². The summed E-state index contributed by atoms with van der Waals surface area (Å²) >= 11 is 1.66. The van der Waals surface area contributed by atoms with Crippen LogP contribution in [0.4, 0.5) is 0 Å². The van der Waals surface area contributed by atoms with Crippen LogP contribution in [0.3, 0.4) is 0 Å². The number of methoxy groups -OCH3 is 1. The van der Waals surface area contributed by atoms with Gasteiger partial charge in [-0.05, 0) is 55.9 Å². The number of nitrogens with one attached hydrogen (secondary N) is 2. The molecule has 0 saturated carbocycles. The van der Waals surface area contributed by atoms with E-state index >= 15 is 0 Å². The number of thioether (sulfide) groups is 1. The zero-order chi connectivity index (χ0) is 20.4. The minimum atomic E-state index is -0.551. The summed E-state index contributed by atoms with van der Waals surface area (Å²) in [6, 6.07) is 6.49. The predicted molar refractivity (Wildman–Crippen MR) is 115 cm³/mol. The highest BCUT2D eigenvalue weighted by Gasteiger charge is 2.23. The number of para-hydroxylation sites is 1. The van der Waals surface area contributed by atoms with Crippen LogP contribution in [-0.2, 0) is 4.79 Å². The van der Waals surface area contributed by atoms with Gasteiger partial charge in [0.2, 0.25) is 5.91 Å². The summed E-state index contributed by atoms with van der Waals surface area (Å²) in [5.41, 5.74) is 0.439. The average Bonchev–Trinajstić information content (AvgIpc) is 2.70. The Bertz CT molecular complexity index is 641. The summed E-state index contributed by atoms with van der Waals surface area (Å²) in [6.07, 6.45) is 5.10. The molecule has 0 spiro atoms. The molecule has 156 valence electrons. The molecule has 1 aromatic carbocycles. The molecule has 1 aliphatic rings. The summed E-state index contributed by atoms with van der Waals surface area (Å²) in [5.74, 6) is 1.61. The molecule has 0 radical (unpaired) electrons. The lowest BCUT2D eigenvalue weighted by Gasteiger charge is -2.31. The number of carbonyl (C=O) groups is 2. The van der Waals surface area contributed by atoms with Crippen molar-refractivity contribution in [2.45, 2.75) is 32.2 Å². The van der Waals surface area contributed by atoms with E-state index in [0.29, 0.717) is 24.3 Å². The van der Waals surface area contributed by atoms with E-state index in [0.717, 1.165) is 31.3 Å². The van der Waals surface area contributed by atoms with Gasteiger partial charge < -0.3 is 20.3 Å². The predicted octanol–water partition coefficient (Wildman–Crippen LogP) is 2.39. The van der Waals surface area contributed by atoms with Gasteiger partial charge in [-0.3, -0.25) is 9.59 Å². The Kier molecular flexibility index (Phi) is 9.64. The highest BCUT2D eigenvalue weighted by atomic mass is 32.2. The number of rotatable bonds is 10. The molecule has 2 amide bonds. The molecule has 0 aromatic heterocycles. The number of carbonyl (C=O) groups excluding carboxylic acids is 2. The van der Waals surface area contributed by atoms with Crippen molar-refractivity contribution in [3.63, 3.8) is 0 Å². The normalized spacial score (nSPS) is 18.3. The zero-order valence-corrected chi connectivity index (χ0v) is 18.0. The van der Waals surface area contributed by atoms with Gasteiger partial charge in [-0.2, -0.15) is 11.8 Å². The van der Waals surface area contributed by atoms with Crippen LogP contribution in [0.1, 0.15) is 36.5 Å². The van der Waals surface area contributed by atoms with Crippen LogP contribution in [0.2, 0.25) is 0 Å². The van der Waals surface area contributed by atoms with E-state index < -0.39 is 6.04 Å². The molecule has 2 atom stereocenters. The van der Waals surface area contributed by atoms with Crippen molar-refractivity contribution in [3.05, 3.63) is 29.8 Å². The molecule has 2 unspecified atom stereocenters. The SMILES string of the molecule is COc1ccccc1C(=O)NC(CCSC)C(=O)NCCN1CCCC(C)C1. The van der Waals surface area contributed by atoms with E-state index in [9.17, 15) is 9.59 Å². The lowest BCUT2D eigenvalue weighted by molar-refractivity contribution is -0.123. The van der Waals surface area contributed by atoms with Crippen molar-refractivity contribution in [1.82, 2.24) is 15.5 Å². The third kappa shape index (κ3) is 7.02. The Morgan fingerprint density at radius 1 is 1.36 bits per heavy atom. The fourth-order valence-corrected chi connectivity index (χ4v) is 3.99. The highest BCUT2D eigenvalue weighted by molar-refractivity contribution is 7.98. The van der Waals surface area contributed by atoms with Gasteiger partial charge in [0.1, 0.15) is 11.8 Å². The highest BCUT2D eigenvalue weighted by Crippen LogP contribution is 2.17. The van der Waals surface area contributed by atoms with E-state index in [1.807, 2.05) is 12.3 Å². The van der Waals surface area contributed by atoms with Gasteiger partial charge in [0.05, 0.1) is 12.7 Å². The largest absolute Gasteiger partial charge is 0.496 e. The Morgan fingerprint density at radius 2 is 2.14 bits per heavy atom. The Labute approximate surface area is 172 Å². The summed E-state index contributed by atoms with van der Waals surface area (Å²) in [4.78, 5) is 27.8. The van der Waals surface area contributed by atoms with E-state index in [2.05, 4.69) is 22.5 Å². The van der Waals surface area contributed by atoms with Gasteiger partial charge >= 0.3 is 0 Å².